The molecule has 0 nitrogen and oxygen atoms in total. The van der Waals surface area contributed by atoms with E-state index in [2.05, 4.69) is 69.1 Å². The van der Waals surface area contributed by atoms with Gasteiger partial charge < -0.3 is 0 Å². The minimum absolute atomic E-state index is 0.617. The molecule has 2 atom stereocenters. The largest absolute Gasteiger partial charge is 0.0891 e. The highest BCUT2D eigenvalue weighted by atomic mass is 79.9. The Morgan fingerprint density at radius 3 is 2.24 bits per heavy atom. The lowest BCUT2D eigenvalue weighted by molar-refractivity contribution is 0.616. The Kier molecular flexibility index (Phi) is 8.21. The first-order chi connectivity index (χ1) is 8.22. The monoisotopic (exact) mass is 360 g/mol. The summed E-state index contributed by atoms with van der Waals surface area (Å²) in [6.45, 7) is 2.25. The van der Waals surface area contributed by atoms with E-state index in [1.165, 1.54) is 37.7 Å². The van der Waals surface area contributed by atoms with Crippen LogP contribution in [0.25, 0.3) is 0 Å². The first-order valence-corrected chi connectivity index (χ1v) is 8.37. The zero-order chi connectivity index (χ0) is 12.5. The Morgan fingerprint density at radius 2 is 1.59 bits per heavy atom. The van der Waals surface area contributed by atoms with Crippen molar-refractivity contribution in [1.29, 1.82) is 0 Å². The van der Waals surface area contributed by atoms with Crippen LogP contribution in [0.5, 0.6) is 0 Å². The summed E-state index contributed by atoms with van der Waals surface area (Å²) >= 11 is 7.53. The summed E-state index contributed by atoms with van der Waals surface area (Å²) < 4.78 is 0. The Balaban J connectivity index is 2.15. The third-order valence-corrected chi connectivity index (χ3v) is 4.63. The van der Waals surface area contributed by atoms with Gasteiger partial charge in [0.1, 0.15) is 0 Å². The molecule has 0 saturated carbocycles. The van der Waals surface area contributed by atoms with E-state index in [0.29, 0.717) is 9.65 Å². The number of hydrogen-bond donors (Lipinski definition) is 0. The Labute approximate surface area is 122 Å². The molecule has 2 unspecified atom stereocenters. The van der Waals surface area contributed by atoms with Crippen molar-refractivity contribution in [2.24, 2.45) is 0 Å². The van der Waals surface area contributed by atoms with Gasteiger partial charge in [-0.05, 0) is 31.2 Å². The number of alkyl halides is 2. The molecule has 0 N–H and O–H groups in total. The van der Waals surface area contributed by atoms with Gasteiger partial charge in [0.25, 0.3) is 0 Å². The fraction of sp³-hybridized carbons (Fsp3) is 0.600. The van der Waals surface area contributed by atoms with Crippen molar-refractivity contribution >= 4 is 31.9 Å². The summed E-state index contributed by atoms with van der Waals surface area (Å²) in [5, 5.41) is 0. The van der Waals surface area contributed by atoms with E-state index in [1.54, 1.807) is 0 Å². The molecule has 1 aromatic carbocycles. The molecule has 0 aliphatic carbocycles. The fourth-order valence-electron chi connectivity index (χ4n) is 1.99. The van der Waals surface area contributed by atoms with Gasteiger partial charge in [-0.25, -0.2) is 0 Å². The predicted molar refractivity (Wildman–Crippen MR) is 84.3 cm³/mol. The molecule has 0 spiro atoms. The summed E-state index contributed by atoms with van der Waals surface area (Å²) in [5.74, 6) is 0. The Bertz CT molecular complexity index is 284. The van der Waals surface area contributed by atoms with Gasteiger partial charge in [0.05, 0.1) is 0 Å². The van der Waals surface area contributed by atoms with Crippen LogP contribution in [0, 0.1) is 0 Å². The van der Waals surface area contributed by atoms with E-state index in [1.807, 2.05) is 0 Å². The Morgan fingerprint density at radius 1 is 0.941 bits per heavy atom. The molecule has 0 heterocycles. The SMILES string of the molecule is CCCC(Br)CCCC(Br)Cc1ccccc1. The molecular formula is C15H22Br2. The smallest absolute Gasteiger partial charge is 0.0186 e. The second-order valence-electron chi connectivity index (χ2n) is 4.60. The molecule has 0 bridgehead atoms. The second-order valence-corrected chi connectivity index (χ2v) is 7.19. The van der Waals surface area contributed by atoms with Crippen LogP contribution in [0.15, 0.2) is 30.3 Å². The van der Waals surface area contributed by atoms with Crippen molar-refractivity contribution in [2.75, 3.05) is 0 Å². The van der Waals surface area contributed by atoms with Crippen molar-refractivity contribution in [2.45, 2.75) is 55.1 Å². The second kappa shape index (κ2) is 9.16. The quantitative estimate of drug-likeness (QED) is 0.519. The lowest BCUT2D eigenvalue weighted by Crippen LogP contribution is -2.04. The zero-order valence-electron chi connectivity index (χ0n) is 10.5. The first kappa shape index (κ1) is 15.2. The van der Waals surface area contributed by atoms with E-state index in [-0.39, 0.29) is 0 Å². The van der Waals surface area contributed by atoms with Gasteiger partial charge in [-0.15, -0.1) is 0 Å². The van der Waals surface area contributed by atoms with Gasteiger partial charge in [-0.2, -0.15) is 0 Å². The van der Waals surface area contributed by atoms with Crippen LogP contribution < -0.4 is 0 Å². The minimum Gasteiger partial charge on any atom is -0.0891 e. The molecule has 0 aromatic heterocycles. The number of benzene rings is 1. The molecule has 0 aliphatic rings. The molecule has 1 aromatic rings. The van der Waals surface area contributed by atoms with E-state index in [4.69, 9.17) is 0 Å². The first-order valence-electron chi connectivity index (χ1n) is 6.54. The summed E-state index contributed by atoms with van der Waals surface area (Å²) in [6, 6.07) is 10.7. The van der Waals surface area contributed by atoms with E-state index in [0.717, 1.165) is 6.42 Å². The molecule has 0 aliphatic heterocycles. The Hall–Kier alpha value is 0.180. The number of hydrogen-bond acceptors (Lipinski definition) is 0. The topological polar surface area (TPSA) is 0 Å². The van der Waals surface area contributed by atoms with Gasteiger partial charge >= 0.3 is 0 Å². The molecule has 0 amide bonds. The highest BCUT2D eigenvalue weighted by molar-refractivity contribution is 9.09. The maximum absolute atomic E-state index is 3.79. The molecule has 0 radical (unpaired) electrons. The summed E-state index contributed by atoms with van der Waals surface area (Å²) in [4.78, 5) is 1.33. The van der Waals surface area contributed by atoms with Crippen LogP contribution >= 0.6 is 31.9 Å². The average molecular weight is 362 g/mol. The van der Waals surface area contributed by atoms with Crippen LogP contribution in [0.4, 0.5) is 0 Å². The third kappa shape index (κ3) is 7.25. The summed E-state index contributed by atoms with van der Waals surface area (Å²) in [6.07, 6.45) is 7.58. The van der Waals surface area contributed by atoms with Gasteiger partial charge in [0, 0.05) is 9.65 Å². The van der Waals surface area contributed by atoms with Crippen molar-refractivity contribution < 1.29 is 0 Å². The minimum atomic E-state index is 0.617. The molecule has 2 heteroatoms. The summed E-state index contributed by atoms with van der Waals surface area (Å²) in [5.41, 5.74) is 1.43. The number of halogens is 2. The van der Waals surface area contributed by atoms with Crippen molar-refractivity contribution in [3.05, 3.63) is 35.9 Å². The van der Waals surface area contributed by atoms with Crippen molar-refractivity contribution in [1.82, 2.24) is 0 Å². The predicted octanol–water partition coefficient (Wildman–Crippen LogP) is 5.73. The fourth-order valence-corrected chi connectivity index (χ4v) is 3.47. The number of rotatable bonds is 8. The normalized spacial score (nSPS) is 14.5. The van der Waals surface area contributed by atoms with Crippen LogP contribution in [0.1, 0.15) is 44.6 Å². The highest BCUT2D eigenvalue weighted by Crippen LogP contribution is 2.20. The van der Waals surface area contributed by atoms with Gasteiger partial charge in [-0.1, -0.05) is 82.0 Å². The van der Waals surface area contributed by atoms with Gasteiger partial charge in [0.15, 0.2) is 0 Å². The molecular weight excluding hydrogens is 340 g/mol. The van der Waals surface area contributed by atoms with Gasteiger partial charge in [0.2, 0.25) is 0 Å². The van der Waals surface area contributed by atoms with E-state index < -0.39 is 0 Å². The van der Waals surface area contributed by atoms with Crippen molar-refractivity contribution in [3.8, 4) is 0 Å². The van der Waals surface area contributed by atoms with Crippen molar-refractivity contribution in [3.63, 3.8) is 0 Å². The lowest BCUT2D eigenvalue weighted by Gasteiger charge is -2.12. The van der Waals surface area contributed by atoms with Crippen LogP contribution in [0.2, 0.25) is 0 Å². The van der Waals surface area contributed by atoms with E-state index >= 15 is 0 Å². The maximum atomic E-state index is 3.79. The molecule has 17 heavy (non-hydrogen) atoms. The van der Waals surface area contributed by atoms with Gasteiger partial charge in [-0.3, -0.25) is 0 Å². The standard InChI is InChI=1S/C15H22Br2/c1-2-7-14(16)10-6-11-15(17)12-13-8-4-3-5-9-13/h3-5,8-9,14-15H,2,6-7,10-12H2,1H3. The van der Waals surface area contributed by atoms with Crippen LogP contribution in [-0.2, 0) is 6.42 Å². The summed E-state index contributed by atoms with van der Waals surface area (Å²) in [7, 11) is 0. The van der Waals surface area contributed by atoms with Crippen LogP contribution in [0.3, 0.4) is 0 Å². The highest BCUT2D eigenvalue weighted by Gasteiger charge is 2.07. The molecule has 1 rings (SSSR count). The zero-order valence-corrected chi connectivity index (χ0v) is 13.7. The van der Waals surface area contributed by atoms with Crippen LogP contribution in [-0.4, -0.2) is 9.65 Å². The lowest BCUT2D eigenvalue weighted by atomic mass is 10.0. The molecule has 0 saturated heterocycles. The molecule has 96 valence electrons. The maximum Gasteiger partial charge on any atom is 0.0186 e. The van der Waals surface area contributed by atoms with E-state index in [9.17, 15) is 0 Å². The molecule has 0 fully saturated rings. The average Bonchev–Trinajstić information content (AvgIpc) is 2.30. The third-order valence-electron chi connectivity index (χ3n) is 2.94.